The van der Waals surface area contributed by atoms with Crippen LogP contribution in [0.1, 0.15) is 22.8 Å². The van der Waals surface area contributed by atoms with E-state index in [0.29, 0.717) is 17.9 Å². The number of ether oxygens (including phenoxy) is 2. The van der Waals surface area contributed by atoms with Gasteiger partial charge in [-0.3, -0.25) is 0 Å². The first kappa shape index (κ1) is 10.6. The van der Waals surface area contributed by atoms with Gasteiger partial charge in [0.1, 0.15) is 11.3 Å². The fourth-order valence-electron chi connectivity index (χ4n) is 1.18. The quantitative estimate of drug-likeness (QED) is 0.692. The lowest BCUT2D eigenvalue weighted by atomic mass is 10.1. The lowest BCUT2D eigenvalue weighted by molar-refractivity contribution is 0.0596. The molecule has 0 amide bonds. The maximum Gasteiger partial charge on any atom is 0.341 e. The van der Waals surface area contributed by atoms with Gasteiger partial charge in [0.2, 0.25) is 0 Å². The molecule has 0 fully saturated rings. The van der Waals surface area contributed by atoms with E-state index in [4.69, 9.17) is 4.74 Å². The number of benzene rings is 1. The fourth-order valence-corrected chi connectivity index (χ4v) is 1.18. The Kier molecular flexibility index (Phi) is 3.51. The van der Waals surface area contributed by atoms with Gasteiger partial charge in [0.15, 0.2) is 0 Å². The number of esters is 1. The van der Waals surface area contributed by atoms with Gasteiger partial charge in [-0.25, -0.2) is 4.79 Å². The summed E-state index contributed by atoms with van der Waals surface area (Å²) in [5.41, 5.74) is 1.53. The van der Waals surface area contributed by atoms with Crippen LogP contribution in [-0.2, 0) is 4.74 Å². The van der Waals surface area contributed by atoms with Crippen LogP contribution >= 0.6 is 0 Å². The number of carbonyl (C=O) groups excluding carboxylic acids is 1. The molecule has 0 aliphatic carbocycles. The third kappa shape index (κ3) is 2.25. The van der Waals surface area contributed by atoms with E-state index in [9.17, 15) is 4.79 Å². The standard InChI is InChI=1S/C11H14O3/c1-4-14-10-7-8(2)5-6-9(10)11(12)13-3/h5-7H,4H2,1-3H3. The fraction of sp³-hybridized carbons (Fsp3) is 0.364. The van der Waals surface area contributed by atoms with Gasteiger partial charge in [-0.1, -0.05) is 6.07 Å². The molecule has 0 saturated carbocycles. The summed E-state index contributed by atoms with van der Waals surface area (Å²) in [4.78, 5) is 11.3. The molecule has 0 spiro atoms. The molecule has 1 aromatic carbocycles. The van der Waals surface area contributed by atoms with Crippen LogP contribution in [0.25, 0.3) is 0 Å². The first-order valence-corrected chi connectivity index (χ1v) is 4.50. The summed E-state index contributed by atoms with van der Waals surface area (Å²) in [5.74, 6) is 0.216. The molecule has 0 radical (unpaired) electrons. The third-order valence-electron chi connectivity index (χ3n) is 1.84. The zero-order chi connectivity index (χ0) is 10.6. The van der Waals surface area contributed by atoms with Crippen molar-refractivity contribution in [2.45, 2.75) is 13.8 Å². The minimum absolute atomic E-state index is 0.367. The molecule has 0 aromatic heterocycles. The Morgan fingerprint density at radius 1 is 1.43 bits per heavy atom. The largest absolute Gasteiger partial charge is 0.493 e. The van der Waals surface area contributed by atoms with E-state index >= 15 is 0 Å². The average Bonchev–Trinajstić information content (AvgIpc) is 2.17. The molecule has 76 valence electrons. The first-order chi connectivity index (χ1) is 6.69. The summed E-state index contributed by atoms with van der Waals surface area (Å²) in [7, 11) is 1.36. The summed E-state index contributed by atoms with van der Waals surface area (Å²) in [6, 6.07) is 5.40. The van der Waals surface area contributed by atoms with E-state index in [1.54, 1.807) is 6.07 Å². The topological polar surface area (TPSA) is 35.5 Å². The normalized spacial score (nSPS) is 9.64. The van der Waals surface area contributed by atoms with Gasteiger partial charge in [-0.05, 0) is 31.5 Å². The molecule has 0 bridgehead atoms. The van der Waals surface area contributed by atoms with Gasteiger partial charge in [0.05, 0.1) is 13.7 Å². The highest BCUT2D eigenvalue weighted by Crippen LogP contribution is 2.20. The summed E-state index contributed by atoms with van der Waals surface area (Å²) >= 11 is 0. The van der Waals surface area contributed by atoms with Crippen molar-refractivity contribution in [1.29, 1.82) is 0 Å². The zero-order valence-corrected chi connectivity index (χ0v) is 8.66. The van der Waals surface area contributed by atoms with Crippen LogP contribution in [-0.4, -0.2) is 19.7 Å². The molecular weight excluding hydrogens is 180 g/mol. The number of rotatable bonds is 3. The highest BCUT2D eigenvalue weighted by Gasteiger charge is 2.12. The number of hydrogen-bond donors (Lipinski definition) is 0. The molecule has 0 aliphatic rings. The summed E-state index contributed by atoms with van der Waals surface area (Å²) < 4.78 is 9.98. The SMILES string of the molecule is CCOc1cc(C)ccc1C(=O)OC. The van der Waals surface area contributed by atoms with Crippen LogP contribution in [0.5, 0.6) is 5.75 Å². The van der Waals surface area contributed by atoms with Gasteiger partial charge in [-0.15, -0.1) is 0 Å². The third-order valence-corrected chi connectivity index (χ3v) is 1.84. The van der Waals surface area contributed by atoms with E-state index < -0.39 is 0 Å². The number of carbonyl (C=O) groups is 1. The van der Waals surface area contributed by atoms with Crippen molar-refractivity contribution < 1.29 is 14.3 Å². The van der Waals surface area contributed by atoms with Gasteiger partial charge < -0.3 is 9.47 Å². The maximum absolute atomic E-state index is 11.3. The monoisotopic (exact) mass is 194 g/mol. The van der Waals surface area contributed by atoms with Crippen LogP contribution in [0.3, 0.4) is 0 Å². The summed E-state index contributed by atoms with van der Waals surface area (Å²) in [6.45, 7) is 4.36. The lowest BCUT2D eigenvalue weighted by Crippen LogP contribution is -2.05. The molecule has 1 rings (SSSR count). The van der Waals surface area contributed by atoms with Crippen molar-refractivity contribution in [3.63, 3.8) is 0 Å². The van der Waals surface area contributed by atoms with Crippen molar-refractivity contribution in [3.8, 4) is 5.75 Å². The Balaban J connectivity index is 3.07. The Hall–Kier alpha value is -1.51. The second kappa shape index (κ2) is 4.65. The smallest absolute Gasteiger partial charge is 0.341 e. The first-order valence-electron chi connectivity index (χ1n) is 4.50. The number of aryl methyl sites for hydroxylation is 1. The van der Waals surface area contributed by atoms with Crippen molar-refractivity contribution >= 4 is 5.97 Å². The number of methoxy groups -OCH3 is 1. The maximum atomic E-state index is 11.3. The molecule has 1 aromatic rings. The van der Waals surface area contributed by atoms with Crippen LogP contribution in [0.2, 0.25) is 0 Å². The molecule has 0 aliphatic heterocycles. The Labute approximate surface area is 83.6 Å². The van der Waals surface area contributed by atoms with Gasteiger partial charge in [0, 0.05) is 0 Å². The molecular formula is C11H14O3. The average molecular weight is 194 g/mol. The molecule has 0 unspecified atom stereocenters. The molecule has 14 heavy (non-hydrogen) atoms. The van der Waals surface area contributed by atoms with Gasteiger partial charge in [-0.2, -0.15) is 0 Å². The predicted molar refractivity (Wildman–Crippen MR) is 53.7 cm³/mol. The molecule has 0 saturated heterocycles. The van der Waals surface area contributed by atoms with E-state index in [1.807, 2.05) is 26.0 Å². The van der Waals surface area contributed by atoms with E-state index in [0.717, 1.165) is 5.56 Å². The zero-order valence-electron chi connectivity index (χ0n) is 8.66. The Morgan fingerprint density at radius 2 is 2.14 bits per heavy atom. The van der Waals surface area contributed by atoms with E-state index in [-0.39, 0.29) is 5.97 Å². The number of hydrogen-bond acceptors (Lipinski definition) is 3. The molecule has 3 nitrogen and oxygen atoms in total. The minimum atomic E-state index is -0.367. The lowest BCUT2D eigenvalue weighted by Gasteiger charge is -2.08. The molecule has 0 atom stereocenters. The van der Waals surface area contributed by atoms with Crippen molar-refractivity contribution in [1.82, 2.24) is 0 Å². The second-order valence-electron chi connectivity index (χ2n) is 2.92. The Bertz CT molecular complexity index is 331. The highest BCUT2D eigenvalue weighted by atomic mass is 16.5. The van der Waals surface area contributed by atoms with Crippen molar-refractivity contribution in [2.75, 3.05) is 13.7 Å². The summed E-state index contributed by atoms with van der Waals surface area (Å²) in [6.07, 6.45) is 0. The van der Waals surface area contributed by atoms with Gasteiger partial charge >= 0.3 is 5.97 Å². The van der Waals surface area contributed by atoms with E-state index in [1.165, 1.54) is 7.11 Å². The van der Waals surface area contributed by atoms with Crippen molar-refractivity contribution in [3.05, 3.63) is 29.3 Å². The van der Waals surface area contributed by atoms with Crippen molar-refractivity contribution in [2.24, 2.45) is 0 Å². The minimum Gasteiger partial charge on any atom is -0.493 e. The highest BCUT2D eigenvalue weighted by molar-refractivity contribution is 5.92. The summed E-state index contributed by atoms with van der Waals surface area (Å²) in [5, 5.41) is 0. The van der Waals surface area contributed by atoms with E-state index in [2.05, 4.69) is 4.74 Å². The van der Waals surface area contributed by atoms with Crippen LogP contribution in [0.4, 0.5) is 0 Å². The molecule has 0 heterocycles. The molecule has 0 N–H and O–H groups in total. The van der Waals surface area contributed by atoms with Crippen LogP contribution in [0.15, 0.2) is 18.2 Å². The molecule has 3 heteroatoms. The second-order valence-corrected chi connectivity index (χ2v) is 2.92. The van der Waals surface area contributed by atoms with Crippen LogP contribution < -0.4 is 4.74 Å². The Morgan fingerprint density at radius 3 is 2.71 bits per heavy atom. The van der Waals surface area contributed by atoms with Crippen LogP contribution in [0, 0.1) is 6.92 Å². The predicted octanol–water partition coefficient (Wildman–Crippen LogP) is 2.18. The van der Waals surface area contributed by atoms with Gasteiger partial charge in [0.25, 0.3) is 0 Å².